The molecule has 19 heavy (non-hydrogen) atoms. The number of hydrogen-bond donors (Lipinski definition) is 1. The van der Waals surface area contributed by atoms with Gasteiger partial charge in [-0.25, -0.2) is 0 Å². The van der Waals surface area contributed by atoms with Crippen molar-refractivity contribution >= 4 is 11.6 Å². The molecule has 1 unspecified atom stereocenters. The zero-order chi connectivity index (χ0) is 13.8. The average molecular weight is 262 g/mol. The number of carbonyl (C=O) groups is 1. The van der Waals surface area contributed by atoms with E-state index in [1.54, 1.807) is 18.2 Å². The molecule has 1 fully saturated rings. The van der Waals surface area contributed by atoms with Crippen LogP contribution in [0.15, 0.2) is 18.2 Å². The Balaban J connectivity index is 2.22. The van der Waals surface area contributed by atoms with Crippen LogP contribution in [0.4, 0.5) is 5.69 Å². The molecule has 0 radical (unpaired) electrons. The van der Waals surface area contributed by atoms with Gasteiger partial charge < -0.3 is 15.4 Å². The molecule has 0 aromatic heterocycles. The number of anilines is 1. The van der Waals surface area contributed by atoms with Crippen molar-refractivity contribution in [2.45, 2.75) is 39.2 Å². The first-order valence-electron chi connectivity index (χ1n) is 6.96. The van der Waals surface area contributed by atoms with Crippen LogP contribution in [0, 0.1) is 0 Å². The Morgan fingerprint density at radius 1 is 1.42 bits per heavy atom. The van der Waals surface area contributed by atoms with Gasteiger partial charge in [0.2, 0.25) is 0 Å². The Hall–Kier alpha value is -1.71. The number of nitrogens with zero attached hydrogens (tertiary/aromatic N) is 1. The topological polar surface area (TPSA) is 55.6 Å². The summed E-state index contributed by atoms with van der Waals surface area (Å²) >= 11 is 0. The number of amides is 1. The summed E-state index contributed by atoms with van der Waals surface area (Å²) in [5.74, 6) is 0.718. The third kappa shape index (κ3) is 3.19. The molecule has 1 aliphatic rings. The maximum atomic E-state index is 12.5. The highest BCUT2D eigenvalue weighted by Gasteiger charge is 2.24. The molecule has 1 aliphatic heterocycles. The third-order valence-corrected chi connectivity index (χ3v) is 3.55. The van der Waals surface area contributed by atoms with E-state index in [9.17, 15) is 4.79 Å². The van der Waals surface area contributed by atoms with Crippen LogP contribution in [0.3, 0.4) is 0 Å². The van der Waals surface area contributed by atoms with Gasteiger partial charge in [0.25, 0.3) is 5.91 Å². The van der Waals surface area contributed by atoms with E-state index in [4.69, 9.17) is 10.5 Å². The number of ether oxygens (including phenoxy) is 1. The number of hydrogen-bond acceptors (Lipinski definition) is 3. The summed E-state index contributed by atoms with van der Waals surface area (Å²) in [5.41, 5.74) is 7.03. The van der Waals surface area contributed by atoms with Gasteiger partial charge >= 0.3 is 0 Å². The van der Waals surface area contributed by atoms with E-state index in [1.807, 2.05) is 11.8 Å². The Kier molecular flexibility index (Phi) is 4.30. The molecule has 0 spiro atoms. The minimum absolute atomic E-state index is 0.0560. The molecule has 1 aromatic rings. The van der Waals surface area contributed by atoms with Crippen LogP contribution in [0.1, 0.15) is 43.5 Å². The number of carbonyl (C=O) groups excluding carboxylic acids is 1. The summed E-state index contributed by atoms with van der Waals surface area (Å²) in [7, 11) is 0. The largest absolute Gasteiger partial charge is 0.494 e. The van der Waals surface area contributed by atoms with Crippen molar-refractivity contribution in [2.75, 3.05) is 18.9 Å². The second-order valence-corrected chi connectivity index (χ2v) is 5.07. The maximum Gasteiger partial charge on any atom is 0.254 e. The second kappa shape index (κ2) is 5.95. The zero-order valence-electron chi connectivity index (χ0n) is 11.7. The minimum atomic E-state index is 0.0560. The summed E-state index contributed by atoms with van der Waals surface area (Å²) < 4.78 is 5.44. The first-order chi connectivity index (χ1) is 9.11. The molecule has 0 bridgehead atoms. The van der Waals surface area contributed by atoms with Gasteiger partial charge in [-0.3, -0.25) is 4.79 Å². The minimum Gasteiger partial charge on any atom is -0.494 e. The Bertz CT molecular complexity index is 459. The van der Waals surface area contributed by atoms with E-state index >= 15 is 0 Å². The quantitative estimate of drug-likeness (QED) is 0.852. The van der Waals surface area contributed by atoms with Crippen molar-refractivity contribution in [2.24, 2.45) is 0 Å². The highest BCUT2D eigenvalue weighted by atomic mass is 16.5. The highest BCUT2D eigenvalue weighted by molar-refractivity contribution is 5.95. The lowest BCUT2D eigenvalue weighted by Gasteiger charge is -2.33. The fraction of sp³-hybridized carbons (Fsp3) is 0.533. The van der Waals surface area contributed by atoms with Crippen LogP contribution in [0.5, 0.6) is 5.75 Å². The standard InChI is InChI=1S/C15H22N2O2/c1-3-19-14-9-12(8-13(16)10-14)15(18)17-7-5-4-6-11(17)2/h8-11H,3-7,16H2,1-2H3. The fourth-order valence-electron chi connectivity index (χ4n) is 2.56. The molecular formula is C15H22N2O2. The smallest absolute Gasteiger partial charge is 0.254 e. The first-order valence-corrected chi connectivity index (χ1v) is 6.96. The zero-order valence-corrected chi connectivity index (χ0v) is 11.7. The molecule has 1 heterocycles. The van der Waals surface area contributed by atoms with Crippen molar-refractivity contribution in [3.05, 3.63) is 23.8 Å². The molecule has 1 aromatic carbocycles. The number of nitrogen functional groups attached to an aromatic ring is 1. The van der Waals surface area contributed by atoms with Crippen molar-refractivity contribution in [3.8, 4) is 5.75 Å². The Morgan fingerprint density at radius 2 is 2.21 bits per heavy atom. The molecule has 1 atom stereocenters. The predicted octanol–water partition coefficient (Wildman–Crippen LogP) is 2.68. The summed E-state index contributed by atoms with van der Waals surface area (Å²) in [6.07, 6.45) is 3.36. The number of piperidine rings is 1. The monoisotopic (exact) mass is 262 g/mol. The summed E-state index contributed by atoms with van der Waals surface area (Å²) in [6, 6.07) is 5.56. The number of nitrogens with two attached hydrogens (primary N) is 1. The maximum absolute atomic E-state index is 12.5. The van der Waals surface area contributed by atoms with Crippen LogP contribution >= 0.6 is 0 Å². The fourth-order valence-corrected chi connectivity index (χ4v) is 2.56. The van der Waals surface area contributed by atoms with E-state index in [0.717, 1.165) is 19.4 Å². The van der Waals surface area contributed by atoms with Gasteiger partial charge in [0.15, 0.2) is 0 Å². The molecule has 4 nitrogen and oxygen atoms in total. The molecule has 2 rings (SSSR count). The van der Waals surface area contributed by atoms with Gasteiger partial charge in [0, 0.05) is 29.9 Å². The van der Waals surface area contributed by atoms with Crippen LogP contribution in [0.2, 0.25) is 0 Å². The van der Waals surface area contributed by atoms with E-state index in [1.165, 1.54) is 6.42 Å². The SMILES string of the molecule is CCOc1cc(N)cc(C(=O)N2CCCCC2C)c1. The van der Waals surface area contributed by atoms with Crippen LogP contribution in [-0.2, 0) is 0 Å². The molecule has 0 aliphatic carbocycles. The average Bonchev–Trinajstić information content (AvgIpc) is 2.38. The second-order valence-electron chi connectivity index (χ2n) is 5.07. The normalized spacial score (nSPS) is 19.3. The number of benzene rings is 1. The van der Waals surface area contributed by atoms with Crippen molar-refractivity contribution in [3.63, 3.8) is 0 Å². The third-order valence-electron chi connectivity index (χ3n) is 3.55. The van der Waals surface area contributed by atoms with Crippen molar-refractivity contribution < 1.29 is 9.53 Å². The summed E-state index contributed by atoms with van der Waals surface area (Å²) in [5, 5.41) is 0. The van der Waals surface area contributed by atoms with Gasteiger partial charge in [-0.05, 0) is 45.2 Å². The Morgan fingerprint density at radius 3 is 2.89 bits per heavy atom. The van der Waals surface area contributed by atoms with E-state index in [0.29, 0.717) is 29.6 Å². The first kappa shape index (κ1) is 13.7. The van der Waals surface area contributed by atoms with Gasteiger partial charge in [-0.15, -0.1) is 0 Å². The number of likely N-dealkylation sites (tertiary alicyclic amines) is 1. The molecule has 4 heteroatoms. The predicted molar refractivity (Wildman–Crippen MR) is 76.4 cm³/mol. The molecule has 1 saturated heterocycles. The summed E-state index contributed by atoms with van der Waals surface area (Å²) in [6.45, 7) is 5.42. The van der Waals surface area contributed by atoms with Gasteiger partial charge in [0.1, 0.15) is 5.75 Å². The van der Waals surface area contributed by atoms with E-state index in [-0.39, 0.29) is 5.91 Å². The Labute approximate surface area is 114 Å². The molecule has 2 N–H and O–H groups in total. The lowest BCUT2D eigenvalue weighted by Crippen LogP contribution is -2.42. The lowest BCUT2D eigenvalue weighted by atomic mass is 10.0. The molecule has 104 valence electrons. The van der Waals surface area contributed by atoms with Crippen LogP contribution in [0.25, 0.3) is 0 Å². The van der Waals surface area contributed by atoms with Crippen molar-refractivity contribution in [1.29, 1.82) is 0 Å². The van der Waals surface area contributed by atoms with Crippen LogP contribution in [-0.4, -0.2) is 30.0 Å². The molecule has 1 amide bonds. The van der Waals surface area contributed by atoms with Crippen molar-refractivity contribution in [1.82, 2.24) is 4.90 Å². The van der Waals surface area contributed by atoms with E-state index in [2.05, 4.69) is 6.92 Å². The van der Waals surface area contributed by atoms with Gasteiger partial charge in [0.05, 0.1) is 6.61 Å². The summed E-state index contributed by atoms with van der Waals surface area (Å²) in [4.78, 5) is 14.5. The van der Waals surface area contributed by atoms with Gasteiger partial charge in [-0.2, -0.15) is 0 Å². The lowest BCUT2D eigenvalue weighted by molar-refractivity contribution is 0.0635. The molecule has 0 saturated carbocycles. The molecular weight excluding hydrogens is 240 g/mol. The van der Waals surface area contributed by atoms with E-state index < -0.39 is 0 Å². The number of rotatable bonds is 3. The van der Waals surface area contributed by atoms with Gasteiger partial charge in [-0.1, -0.05) is 0 Å². The highest BCUT2D eigenvalue weighted by Crippen LogP contribution is 2.23. The van der Waals surface area contributed by atoms with Crippen LogP contribution < -0.4 is 10.5 Å².